The highest BCUT2D eigenvalue weighted by Gasteiger charge is 2.08. The number of aryl methyl sites for hydroxylation is 3. The number of halogens is 1. The van der Waals surface area contributed by atoms with Gasteiger partial charge in [0.25, 0.3) is 0 Å². The summed E-state index contributed by atoms with van der Waals surface area (Å²) in [5.74, 6) is 0.721. The molecule has 0 aliphatic heterocycles. The van der Waals surface area contributed by atoms with Crippen LogP contribution in [0.2, 0.25) is 0 Å². The molecule has 0 fully saturated rings. The summed E-state index contributed by atoms with van der Waals surface area (Å²) in [6.07, 6.45) is 0.268. The van der Waals surface area contributed by atoms with Crippen molar-refractivity contribution in [2.45, 2.75) is 40.2 Å². The number of aliphatic hydroxyl groups is 1. The lowest BCUT2D eigenvalue weighted by Gasteiger charge is -2.13. The zero-order valence-corrected chi connectivity index (χ0v) is 19.0. The van der Waals surface area contributed by atoms with E-state index < -0.39 is 6.10 Å². The zero-order valence-electron chi connectivity index (χ0n) is 15.9. The number of aliphatic hydroxyl groups excluding tert-OH is 1. The van der Waals surface area contributed by atoms with E-state index in [4.69, 9.17) is 0 Å². The van der Waals surface area contributed by atoms with E-state index in [9.17, 15) is 5.11 Å². The van der Waals surface area contributed by atoms with Crippen molar-refractivity contribution < 1.29 is 5.11 Å². The van der Waals surface area contributed by atoms with Gasteiger partial charge in [0.2, 0.25) is 0 Å². The Balaban J connectivity index is 0.00000338. The molecule has 0 aliphatic carbocycles. The normalized spacial score (nSPS) is 12.4. The molecule has 0 saturated heterocycles. The van der Waals surface area contributed by atoms with E-state index in [-0.39, 0.29) is 24.0 Å². The van der Waals surface area contributed by atoms with Crippen molar-refractivity contribution in [2.24, 2.45) is 4.99 Å². The van der Waals surface area contributed by atoms with Crippen molar-refractivity contribution in [1.29, 1.82) is 0 Å². The van der Waals surface area contributed by atoms with E-state index in [1.54, 1.807) is 11.3 Å². The Kier molecular flexibility index (Phi) is 10.1. The molecule has 2 aromatic rings. The fourth-order valence-electron chi connectivity index (χ4n) is 2.35. The molecule has 1 aromatic carbocycles. The lowest BCUT2D eigenvalue weighted by atomic mass is 10.1. The fraction of sp³-hybridized carbons (Fsp3) is 0.474. The third kappa shape index (κ3) is 7.20. The van der Waals surface area contributed by atoms with Gasteiger partial charge in [0.05, 0.1) is 23.4 Å². The van der Waals surface area contributed by atoms with Gasteiger partial charge in [-0.3, -0.25) is 4.99 Å². The van der Waals surface area contributed by atoms with Crippen LogP contribution in [-0.2, 0) is 6.42 Å². The average Bonchev–Trinajstić information content (AvgIpc) is 2.91. The van der Waals surface area contributed by atoms with Gasteiger partial charge in [-0.15, -0.1) is 35.3 Å². The van der Waals surface area contributed by atoms with Gasteiger partial charge in [0.15, 0.2) is 5.96 Å². The van der Waals surface area contributed by atoms with Crippen LogP contribution in [0.15, 0.2) is 29.3 Å². The van der Waals surface area contributed by atoms with Crippen molar-refractivity contribution >= 4 is 41.3 Å². The molecule has 5 nitrogen and oxygen atoms in total. The third-order valence-electron chi connectivity index (χ3n) is 3.93. The molecule has 0 amide bonds. The number of nitrogens with zero attached hydrogens (tertiary/aromatic N) is 2. The van der Waals surface area contributed by atoms with E-state index in [0.717, 1.165) is 41.7 Å². The van der Waals surface area contributed by atoms with Gasteiger partial charge >= 0.3 is 0 Å². The minimum Gasteiger partial charge on any atom is -0.386 e. The van der Waals surface area contributed by atoms with Crippen LogP contribution in [0.25, 0.3) is 0 Å². The van der Waals surface area contributed by atoms with Gasteiger partial charge in [-0.2, -0.15) is 0 Å². The SMILES string of the molecule is CCNC(=NCC(O)c1ccc(C)cc1)NCCc1nc(C)c(C)s1.I. The molecule has 0 bridgehead atoms. The molecule has 0 aliphatic rings. The predicted octanol–water partition coefficient (Wildman–Crippen LogP) is 3.52. The first-order valence-corrected chi connectivity index (χ1v) is 9.51. The summed E-state index contributed by atoms with van der Waals surface area (Å²) in [4.78, 5) is 10.3. The fourth-order valence-corrected chi connectivity index (χ4v) is 3.28. The first-order chi connectivity index (χ1) is 12.0. The van der Waals surface area contributed by atoms with Crippen molar-refractivity contribution in [1.82, 2.24) is 15.6 Å². The van der Waals surface area contributed by atoms with Crippen LogP contribution >= 0.6 is 35.3 Å². The summed E-state index contributed by atoms with van der Waals surface area (Å²) in [6, 6.07) is 7.90. The van der Waals surface area contributed by atoms with Gasteiger partial charge in [-0.25, -0.2) is 4.98 Å². The lowest BCUT2D eigenvalue weighted by Crippen LogP contribution is -2.38. The predicted molar refractivity (Wildman–Crippen MR) is 121 cm³/mol. The van der Waals surface area contributed by atoms with Crippen molar-refractivity contribution in [2.75, 3.05) is 19.6 Å². The van der Waals surface area contributed by atoms with Crippen molar-refractivity contribution in [3.05, 3.63) is 51.0 Å². The quantitative estimate of drug-likeness (QED) is 0.317. The first-order valence-electron chi connectivity index (χ1n) is 8.69. The number of rotatable bonds is 7. The number of benzene rings is 1. The highest BCUT2D eigenvalue weighted by atomic mass is 127. The average molecular weight is 488 g/mol. The molecule has 0 spiro atoms. The van der Waals surface area contributed by atoms with E-state index in [0.29, 0.717) is 6.54 Å². The van der Waals surface area contributed by atoms with Crippen molar-refractivity contribution in [3.8, 4) is 0 Å². The third-order valence-corrected chi connectivity index (χ3v) is 5.07. The van der Waals surface area contributed by atoms with Crippen molar-refractivity contribution in [3.63, 3.8) is 0 Å². The topological polar surface area (TPSA) is 69.5 Å². The molecule has 26 heavy (non-hydrogen) atoms. The van der Waals surface area contributed by atoms with E-state index in [2.05, 4.69) is 27.5 Å². The summed E-state index contributed by atoms with van der Waals surface area (Å²) in [5, 5.41) is 18.0. The Labute approximate surface area is 177 Å². The van der Waals surface area contributed by atoms with Gasteiger partial charge in [0.1, 0.15) is 0 Å². The minimum atomic E-state index is -0.597. The molecule has 144 valence electrons. The number of nitrogens with one attached hydrogen (secondary N) is 2. The maximum Gasteiger partial charge on any atom is 0.191 e. The summed E-state index contributed by atoms with van der Waals surface area (Å²) < 4.78 is 0. The number of guanidine groups is 1. The van der Waals surface area contributed by atoms with Gasteiger partial charge in [-0.05, 0) is 33.3 Å². The van der Waals surface area contributed by atoms with Gasteiger partial charge in [0, 0.05) is 24.4 Å². The Morgan fingerprint density at radius 1 is 1.19 bits per heavy atom. The summed E-state index contributed by atoms with van der Waals surface area (Å²) in [6.45, 7) is 10.1. The number of hydrogen-bond donors (Lipinski definition) is 3. The second-order valence-electron chi connectivity index (χ2n) is 6.07. The number of hydrogen-bond acceptors (Lipinski definition) is 4. The molecule has 0 saturated carbocycles. The molecule has 1 atom stereocenters. The second kappa shape index (κ2) is 11.5. The van der Waals surface area contributed by atoms with Crippen LogP contribution in [0.4, 0.5) is 0 Å². The first kappa shape index (κ1) is 22.9. The zero-order chi connectivity index (χ0) is 18.2. The van der Waals surface area contributed by atoms with E-state index >= 15 is 0 Å². The highest BCUT2D eigenvalue weighted by Crippen LogP contribution is 2.16. The van der Waals surface area contributed by atoms with E-state index in [1.807, 2.05) is 45.0 Å². The lowest BCUT2D eigenvalue weighted by molar-refractivity contribution is 0.187. The van der Waals surface area contributed by atoms with Crippen LogP contribution in [0.1, 0.15) is 39.7 Å². The van der Waals surface area contributed by atoms with Crippen LogP contribution in [0.5, 0.6) is 0 Å². The maximum atomic E-state index is 10.3. The summed E-state index contributed by atoms with van der Waals surface area (Å²) >= 11 is 1.74. The van der Waals surface area contributed by atoms with E-state index in [1.165, 1.54) is 10.4 Å². The van der Waals surface area contributed by atoms with Gasteiger partial charge in [-0.1, -0.05) is 29.8 Å². The van der Waals surface area contributed by atoms with Gasteiger partial charge < -0.3 is 15.7 Å². The second-order valence-corrected chi connectivity index (χ2v) is 7.36. The smallest absolute Gasteiger partial charge is 0.191 e. The monoisotopic (exact) mass is 488 g/mol. The van der Waals surface area contributed by atoms with Crippen LogP contribution in [0, 0.1) is 20.8 Å². The number of aliphatic imine (C=N–C) groups is 1. The molecule has 3 N–H and O–H groups in total. The number of aromatic nitrogens is 1. The maximum absolute atomic E-state index is 10.3. The highest BCUT2D eigenvalue weighted by molar-refractivity contribution is 14.0. The van der Waals surface area contributed by atoms with Crippen LogP contribution < -0.4 is 10.6 Å². The molecule has 1 heterocycles. The summed E-state index contributed by atoms with van der Waals surface area (Å²) in [7, 11) is 0. The molecule has 7 heteroatoms. The molecule has 1 aromatic heterocycles. The number of thiazole rings is 1. The summed E-state index contributed by atoms with van der Waals surface area (Å²) in [5.41, 5.74) is 3.18. The standard InChI is InChI=1S/C19H28N4OS.HI/c1-5-20-19(21-11-10-18-23-14(3)15(4)25-18)22-12-17(24)16-8-6-13(2)7-9-16;/h6-9,17,24H,5,10-12H2,1-4H3,(H2,20,21,22);1H. The molecule has 1 unspecified atom stereocenters. The Morgan fingerprint density at radius 3 is 2.46 bits per heavy atom. The molecule has 0 radical (unpaired) electrons. The Bertz CT molecular complexity index is 681. The largest absolute Gasteiger partial charge is 0.386 e. The Hall–Kier alpha value is -1.19. The molecule has 2 rings (SSSR count). The molecular weight excluding hydrogens is 459 g/mol. The van der Waals surface area contributed by atoms with Crippen LogP contribution in [-0.4, -0.2) is 35.7 Å². The molecular formula is C19H29IN4OS. The van der Waals surface area contributed by atoms with Crippen LogP contribution in [0.3, 0.4) is 0 Å². The minimum absolute atomic E-state index is 0. The Morgan fingerprint density at radius 2 is 1.88 bits per heavy atom.